The molecule has 0 heterocycles. The molecular formula is C38H59O2Sb. The minimum atomic E-state index is -1.85. The molecule has 0 saturated carbocycles. The van der Waals surface area contributed by atoms with Crippen molar-refractivity contribution in [2.24, 2.45) is 0 Å². The van der Waals surface area contributed by atoms with Crippen molar-refractivity contribution in [2.75, 3.05) is 0 Å². The van der Waals surface area contributed by atoms with Gasteiger partial charge in [-0.25, -0.2) is 0 Å². The van der Waals surface area contributed by atoms with Gasteiger partial charge in [-0.3, -0.25) is 0 Å². The number of carbonyl (C=O) groups is 1. The van der Waals surface area contributed by atoms with Crippen LogP contribution in [0.25, 0.3) is 0 Å². The Morgan fingerprint density at radius 3 is 0.927 bits per heavy atom. The Morgan fingerprint density at radius 2 is 0.707 bits per heavy atom. The fraction of sp³-hybridized carbons (Fsp3) is 0.632. The van der Waals surface area contributed by atoms with Crippen molar-refractivity contribution in [3.63, 3.8) is 0 Å². The normalized spacial score (nSPS) is 14.5. The van der Waals surface area contributed by atoms with Crippen LogP contribution in [0.2, 0.25) is 0 Å². The van der Waals surface area contributed by atoms with Gasteiger partial charge in [-0.05, 0) is 0 Å². The minimum absolute atomic E-state index is 0.0274. The molecule has 0 aliphatic carbocycles. The molecule has 2 nitrogen and oxygen atoms in total. The number of rotatable bonds is 3. The van der Waals surface area contributed by atoms with E-state index < -0.39 is 21.1 Å². The first-order chi connectivity index (χ1) is 18.0. The maximum absolute atomic E-state index is 14.6. The first-order valence-corrected chi connectivity index (χ1v) is 17.7. The Balaban J connectivity index is 3.05. The molecule has 2 aromatic rings. The molecule has 2 aromatic carbocycles. The molecule has 2 rings (SSSR count). The molecule has 0 bridgehead atoms. The summed E-state index contributed by atoms with van der Waals surface area (Å²) in [4.78, 5) is 14.6. The molecule has 0 spiro atoms. The first kappa shape index (κ1) is 36.0. The summed E-state index contributed by atoms with van der Waals surface area (Å²) >= 11 is -1.85. The van der Waals surface area contributed by atoms with E-state index in [1.165, 1.54) is 11.1 Å². The number of benzene rings is 2. The van der Waals surface area contributed by atoms with Crippen molar-refractivity contribution in [3.05, 3.63) is 68.8 Å². The van der Waals surface area contributed by atoms with E-state index in [0.717, 1.165) is 33.4 Å². The molecule has 0 aliphatic rings. The van der Waals surface area contributed by atoms with Crippen LogP contribution in [0, 0.1) is 0 Å². The van der Waals surface area contributed by atoms with Crippen molar-refractivity contribution in [3.8, 4) is 0 Å². The van der Waals surface area contributed by atoms with E-state index in [-0.39, 0.29) is 36.2 Å². The van der Waals surface area contributed by atoms with Crippen LogP contribution in [0.15, 0.2) is 24.3 Å². The monoisotopic (exact) mass is 668 g/mol. The van der Waals surface area contributed by atoms with Crippen LogP contribution < -0.4 is 0 Å². The Morgan fingerprint density at radius 1 is 0.463 bits per heavy atom. The SMILES string of the molecule is CC(C)(C)c1cc(C(C)(C)C)c([C](=O)[Sb]=[C](O)c2c(C(C)(C)C)cc(C(C)(C)C)cc2C(C)(C)C)c(C(C)(C)C)c1. The van der Waals surface area contributed by atoms with Crippen LogP contribution in [0.3, 0.4) is 0 Å². The molecule has 0 unspecified atom stereocenters. The van der Waals surface area contributed by atoms with E-state index in [4.69, 9.17) is 0 Å². The van der Waals surface area contributed by atoms with Gasteiger partial charge in [0.05, 0.1) is 0 Å². The molecule has 0 aromatic heterocycles. The molecule has 1 N–H and O–H groups in total. The summed E-state index contributed by atoms with van der Waals surface area (Å²) < 4.78 is 0.455. The van der Waals surface area contributed by atoms with Crippen LogP contribution in [-0.2, 0) is 32.5 Å². The fourth-order valence-corrected chi connectivity index (χ4v) is 7.76. The predicted octanol–water partition coefficient (Wildman–Crippen LogP) is 9.87. The third kappa shape index (κ3) is 8.44. The average Bonchev–Trinajstić information content (AvgIpc) is 2.73. The van der Waals surface area contributed by atoms with E-state index in [1.54, 1.807) is 0 Å². The van der Waals surface area contributed by atoms with E-state index in [2.05, 4.69) is 149 Å². The molecule has 41 heavy (non-hydrogen) atoms. The molecule has 0 saturated heterocycles. The summed E-state index contributed by atoms with van der Waals surface area (Å²) in [6.07, 6.45) is 0. The Hall–Kier alpha value is -1.24. The Bertz CT molecular complexity index is 1260. The summed E-state index contributed by atoms with van der Waals surface area (Å²) in [5.41, 5.74) is 7.85. The molecule has 0 atom stereocenters. The summed E-state index contributed by atoms with van der Waals surface area (Å²) in [5, 5.41) is 12.1. The summed E-state index contributed by atoms with van der Waals surface area (Å²) in [5.74, 6) is 0. The molecule has 0 aliphatic heterocycles. The van der Waals surface area contributed by atoms with Gasteiger partial charge < -0.3 is 0 Å². The van der Waals surface area contributed by atoms with Crippen LogP contribution in [0.4, 0.5) is 0 Å². The molecular weight excluding hydrogens is 610 g/mol. The molecule has 0 amide bonds. The Kier molecular flexibility index (Phi) is 9.96. The van der Waals surface area contributed by atoms with Crippen molar-refractivity contribution < 1.29 is 9.90 Å². The van der Waals surface area contributed by atoms with Crippen molar-refractivity contribution in [2.45, 2.75) is 157 Å². The fourth-order valence-electron chi connectivity index (χ4n) is 5.20. The molecule has 0 radical (unpaired) electrons. The van der Waals surface area contributed by atoms with Gasteiger partial charge in [-0.1, -0.05) is 0 Å². The Labute approximate surface area is 263 Å². The maximum atomic E-state index is 14.6. The van der Waals surface area contributed by atoms with Gasteiger partial charge in [-0.2, -0.15) is 0 Å². The zero-order valence-corrected chi connectivity index (χ0v) is 32.2. The number of carbonyl (C=O) groups excluding carboxylic acids is 1. The van der Waals surface area contributed by atoms with Crippen molar-refractivity contribution in [1.82, 2.24) is 0 Å². The van der Waals surface area contributed by atoms with Crippen LogP contribution in [-0.4, -0.2) is 33.6 Å². The second kappa shape index (κ2) is 11.4. The molecule has 228 valence electrons. The van der Waals surface area contributed by atoms with E-state index in [1.807, 2.05) is 0 Å². The van der Waals surface area contributed by atoms with Gasteiger partial charge >= 0.3 is 264 Å². The van der Waals surface area contributed by atoms with Gasteiger partial charge in [-0.15, -0.1) is 0 Å². The number of aliphatic hydroxyl groups is 1. The second-order valence-corrected chi connectivity index (χ2v) is 21.1. The number of hydrogen-bond acceptors (Lipinski definition) is 2. The topological polar surface area (TPSA) is 37.3 Å². The number of aliphatic hydroxyl groups excluding tert-OH is 1. The van der Waals surface area contributed by atoms with Crippen LogP contribution >= 0.6 is 0 Å². The second-order valence-electron chi connectivity index (χ2n) is 18.1. The van der Waals surface area contributed by atoms with Crippen LogP contribution in [0.5, 0.6) is 0 Å². The van der Waals surface area contributed by atoms with Crippen LogP contribution in [0.1, 0.15) is 174 Å². The van der Waals surface area contributed by atoms with E-state index >= 15 is 0 Å². The number of hydrogen-bond donors (Lipinski definition) is 1. The third-order valence-corrected chi connectivity index (χ3v) is 10.3. The van der Waals surface area contributed by atoms with Gasteiger partial charge in [0, 0.05) is 0 Å². The standard InChI is InChI=1S/C19H30O.C19H29O.Sb/c2*1-17(2,3)13-10-15(18(4,5)6)14(12-20)16(11-13)19(7,8)9;/h10-11,20H,1-9H3;10-11H,1-9H3;. The van der Waals surface area contributed by atoms with Gasteiger partial charge in [0.2, 0.25) is 0 Å². The quantitative estimate of drug-likeness (QED) is 0.331. The predicted molar refractivity (Wildman–Crippen MR) is 181 cm³/mol. The van der Waals surface area contributed by atoms with E-state index in [0.29, 0.717) is 3.63 Å². The molecule has 3 heteroatoms. The van der Waals surface area contributed by atoms with E-state index in [9.17, 15) is 9.90 Å². The van der Waals surface area contributed by atoms with Gasteiger partial charge in [0.1, 0.15) is 0 Å². The summed E-state index contributed by atoms with van der Waals surface area (Å²) in [7, 11) is 0. The third-order valence-electron chi connectivity index (χ3n) is 7.89. The first-order valence-electron chi connectivity index (χ1n) is 15.2. The van der Waals surface area contributed by atoms with Gasteiger partial charge in [0.25, 0.3) is 0 Å². The van der Waals surface area contributed by atoms with Gasteiger partial charge in [0.15, 0.2) is 0 Å². The van der Waals surface area contributed by atoms with Crippen molar-refractivity contribution in [1.29, 1.82) is 0 Å². The average molecular weight is 670 g/mol. The summed E-state index contributed by atoms with van der Waals surface area (Å²) in [6, 6.07) is 9.07. The van der Waals surface area contributed by atoms with Crippen molar-refractivity contribution >= 4 is 28.5 Å². The zero-order chi connectivity index (χ0) is 32.3. The summed E-state index contributed by atoms with van der Waals surface area (Å²) in [6.45, 7) is 39.9. The zero-order valence-electron chi connectivity index (χ0n) is 29.6. The molecule has 0 fully saturated rings.